The number of amides is 2. The molecular weight excluding hydrogens is 547 g/mol. The number of nitrogens with two attached hydrogens (primary N) is 1. The second-order valence-corrected chi connectivity index (χ2v) is 10.8. The van der Waals surface area contributed by atoms with Crippen molar-refractivity contribution in [1.29, 1.82) is 0 Å². The molecule has 3 aromatic heterocycles. The Morgan fingerprint density at radius 3 is 2.97 bits per heavy atom. The van der Waals surface area contributed by atoms with Gasteiger partial charge in [-0.3, -0.25) is 18.9 Å². The van der Waals surface area contributed by atoms with Crippen LogP contribution in [0.15, 0.2) is 40.5 Å². The molecule has 2 aliphatic heterocycles. The van der Waals surface area contributed by atoms with E-state index < -0.39 is 35.9 Å². The summed E-state index contributed by atoms with van der Waals surface area (Å²) >= 11 is 3.70. The van der Waals surface area contributed by atoms with E-state index in [4.69, 9.17) is 10.6 Å². The number of hydrogen-bond donors (Lipinski definition) is 2. The summed E-state index contributed by atoms with van der Waals surface area (Å²) in [5.74, 6) is -2.68. The number of carboxylic acid groups (broad SMARTS) is 1. The van der Waals surface area contributed by atoms with Crippen molar-refractivity contribution in [2.24, 2.45) is 5.16 Å². The molecule has 2 atom stereocenters. The minimum atomic E-state index is -1.47. The fourth-order valence-electron chi connectivity index (χ4n) is 3.88. The third-order valence-electron chi connectivity index (χ3n) is 5.51. The SMILES string of the molecule is Nc1nc(/C(=N/OCCCF)C(=O)N[C@@H]2C(=O)N3C(C(=O)[O-])=C(C[n+]4cc5sccn5c4)CS[C@H]23)ns1. The number of rotatable bonds is 10. The zero-order chi connectivity index (χ0) is 26.1. The van der Waals surface area contributed by atoms with Crippen molar-refractivity contribution < 1.29 is 33.3 Å². The molecule has 0 bridgehead atoms. The molecule has 3 aromatic rings. The van der Waals surface area contributed by atoms with Crippen LogP contribution in [0.1, 0.15) is 12.2 Å². The van der Waals surface area contributed by atoms with Crippen LogP contribution >= 0.6 is 34.6 Å². The first-order valence-corrected chi connectivity index (χ1v) is 13.6. The van der Waals surface area contributed by atoms with E-state index in [1.54, 1.807) is 11.3 Å². The number of carboxylic acids is 1. The summed E-state index contributed by atoms with van der Waals surface area (Å²) in [6.07, 6.45) is 5.68. The number of halogens is 1. The van der Waals surface area contributed by atoms with Crippen molar-refractivity contribution in [1.82, 2.24) is 24.0 Å². The highest BCUT2D eigenvalue weighted by Gasteiger charge is 2.53. The largest absolute Gasteiger partial charge is 0.543 e. The molecule has 194 valence electrons. The number of alkyl halides is 1. The molecule has 3 N–H and O–H groups in total. The maximum absolute atomic E-state index is 13.0. The number of fused-ring (bicyclic) bond motifs is 2. The molecule has 13 nitrogen and oxygen atoms in total. The van der Waals surface area contributed by atoms with E-state index in [9.17, 15) is 23.9 Å². The highest BCUT2D eigenvalue weighted by molar-refractivity contribution is 8.00. The number of nitrogens with zero attached hydrogens (tertiary/aromatic N) is 6. The number of oxime groups is 1. The van der Waals surface area contributed by atoms with Crippen LogP contribution in [0, 0.1) is 0 Å². The lowest BCUT2D eigenvalue weighted by Crippen LogP contribution is -2.71. The van der Waals surface area contributed by atoms with Gasteiger partial charge in [0, 0.05) is 34.7 Å². The number of imidazole rings is 1. The summed E-state index contributed by atoms with van der Waals surface area (Å²) in [4.78, 5) is 49.1. The third kappa shape index (κ3) is 4.88. The van der Waals surface area contributed by atoms with Crippen LogP contribution in [0.5, 0.6) is 0 Å². The molecule has 0 radical (unpaired) electrons. The van der Waals surface area contributed by atoms with E-state index in [-0.39, 0.29) is 41.9 Å². The Bertz CT molecular complexity index is 1400. The third-order valence-corrected chi connectivity index (χ3v) is 8.21. The van der Waals surface area contributed by atoms with E-state index in [2.05, 4.69) is 19.8 Å². The predicted octanol–water partition coefficient (Wildman–Crippen LogP) is -1.09. The van der Waals surface area contributed by atoms with Gasteiger partial charge in [-0.2, -0.15) is 13.8 Å². The lowest BCUT2D eigenvalue weighted by Gasteiger charge is -2.50. The lowest BCUT2D eigenvalue weighted by molar-refractivity contribution is -0.687. The molecule has 5 rings (SSSR count). The van der Waals surface area contributed by atoms with Crippen molar-refractivity contribution in [2.75, 3.05) is 24.8 Å². The summed E-state index contributed by atoms with van der Waals surface area (Å²) < 4.78 is 20.1. The van der Waals surface area contributed by atoms with Crippen LogP contribution in [0.4, 0.5) is 9.52 Å². The second-order valence-electron chi connectivity index (χ2n) is 7.94. The Morgan fingerprint density at radius 1 is 1.43 bits per heavy atom. The molecule has 17 heteroatoms. The van der Waals surface area contributed by atoms with Gasteiger partial charge in [-0.1, -0.05) is 16.5 Å². The monoisotopic (exact) mass is 566 g/mol. The number of thiazole rings is 1. The molecule has 0 aromatic carbocycles. The summed E-state index contributed by atoms with van der Waals surface area (Å²) in [7, 11) is 0. The van der Waals surface area contributed by atoms with Gasteiger partial charge in [0.05, 0.1) is 18.3 Å². The van der Waals surface area contributed by atoms with Crippen LogP contribution in [-0.4, -0.2) is 72.6 Å². The molecule has 0 aliphatic carbocycles. The average molecular weight is 567 g/mol. The maximum Gasteiger partial charge on any atom is 0.278 e. The van der Waals surface area contributed by atoms with Crippen molar-refractivity contribution in [3.05, 3.63) is 41.2 Å². The molecule has 5 heterocycles. The number of anilines is 1. The number of carbonyl (C=O) groups excluding carboxylic acids is 3. The first kappa shape index (κ1) is 25.1. The van der Waals surface area contributed by atoms with Crippen molar-refractivity contribution in [2.45, 2.75) is 24.4 Å². The van der Waals surface area contributed by atoms with E-state index in [0.717, 1.165) is 21.3 Å². The maximum atomic E-state index is 13.0. The molecule has 0 unspecified atom stereocenters. The van der Waals surface area contributed by atoms with E-state index in [1.165, 1.54) is 11.8 Å². The molecule has 2 amide bonds. The van der Waals surface area contributed by atoms with E-state index in [0.29, 0.717) is 11.3 Å². The van der Waals surface area contributed by atoms with Gasteiger partial charge < -0.3 is 25.8 Å². The highest BCUT2D eigenvalue weighted by Crippen LogP contribution is 2.40. The Morgan fingerprint density at radius 2 is 2.27 bits per heavy atom. The van der Waals surface area contributed by atoms with Crippen LogP contribution in [0.25, 0.3) is 4.83 Å². The number of nitrogen functional groups attached to an aromatic ring is 1. The fraction of sp³-hybridized carbons (Fsp3) is 0.350. The number of aromatic nitrogens is 4. The lowest BCUT2D eigenvalue weighted by atomic mass is 10.0. The smallest absolute Gasteiger partial charge is 0.278 e. The van der Waals surface area contributed by atoms with Gasteiger partial charge in [0.2, 0.25) is 22.7 Å². The van der Waals surface area contributed by atoms with Gasteiger partial charge in [0.15, 0.2) is 5.13 Å². The number of hydrogen-bond acceptors (Lipinski definition) is 12. The topological polar surface area (TPSA) is 171 Å². The van der Waals surface area contributed by atoms with Crippen LogP contribution in [0.2, 0.25) is 0 Å². The van der Waals surface area contributed by atoms with Crippen LogP contribution in [0.3, 0.4) is 0 Å². The Kier molecular flexibility index (Phi) is 7.07. The van der Waals surface area contributed by atoms with Gasteiger partial charge >= 0.3 is 0 Å². The molecule has 0 saturated carbocycles. The summed E-state index contributed by atoms with van der Waals surface area (Å²) in [6, 6.07) is -1.02. The van der Waals surface area contributed by atoms with Crippen molar-refractivity contribution in [3.8, 4) is 0 Å². The van der Waals surface area contributed by atoms with E-state index in [1.807, 2.05) is 33.1 Å². The fourth-order valence-corrected chi connectivity index (χ4v) is 6.41. The van der Waals surface area contributed by atoms with E-state index >= 15 is 0 Å². The number of nitrogens with one attached hydrogen (secondary N) is 1. The predicted molar refractivity (Wildman–Crippen MR) is 130 cm³/mol. The molecular formula is C20H19FN8O5S3. The van der Waals surface area contributed by atoms with Crippen LogP contribution < -0.4 is 20.7 Å². The van der Waals surface area contributed by atoms with Gasteiger partial charge in [-0.05, 0) is 0 Å². The Hall–Kier alpha value is -3.57. The van der Waals surface area contributed by atoms with Gasteiger partial charge in [0.25, 0.3) is 11.8 Å². The molecule has 37 heavy (non-hydrogen) atoms. The van der Waals surface area contributed by atoms with Crippen LogP contribution in [-0.2, 0) is 25.8 Å². The van der Waals surface area contributed by atoms with Crippen molar-refractivity contribution in [3.63, 3.8) is 0 Å². The minimum Gasteiger partial charge on any atom is -0.543 e. The molecule has 1 saturated heterocycles. The molecule has 2 aliphatic rings. The zero-order valence-electron chi connectivity index (χ0n) is 18.9. The first-order chi connectivity index (χ1) is 17.9. The number of carbonyl (C=O) groups is 3. The van der Waals surface area contributed by atoms with Gasteiger partial charge in [-0.25, -0.2) is 4.57 Å². The number of β-lactam (4-membered cyclic amide) rings is 1. The Labute approximate surface area is 220 Å². The average Bonchev–Trinajstić information content (AvgIpc) is 3.58. The van der Waals surface area contributed by atoms with Gasteiger partial charge in [-0.15, -0.1) is 11.8 Å². The molecule has 0 spiro atoms. The normalized spacial score (nSPS) is 19.6. The summed E-state index contributed by atoms with van der Waals surface area (Å²) in [6.45, 7) is -0.438. The second kappa shape index (κ2) is 10.4. The minimum absolute atomic E-state index is 0.0698. The zero-order valence-corrected chi connectivity index (χ0v) is 21.4. The first-order valence-electron chi connectivity index (χ1n) is 10.9. The highest BCUT2D eigenvalue weighted by atomic mass is 32.2. The number of thioether (sulfide) groups is 1. The van der Waals surface area contributed by atoms with Crippen molar-refractivity contribution >= 4 is 68.1 Å². The van der Waals surface area contributed by atoms with Gasteiger partial charge in [0.1, 0.15) is 37.0 Å². The standard InChI is InChI=1S/C20H19FN8O5S3/c21-2-1-4-34-25-12(15-24-20(22)37-26-15)16(30)23-13-17(31)29-14(19(32)33)10(8-36-18(13)29)6-27-7-11-28(9-27)3-5-35-11/h3,5,7,9,13,18H,1-2,4,6,8H2,(H3-,22,23,24,26,30,32,33)/b25-12-/t13-,18-/m1/s1. The number of aliphatic carboxylic acids is 1. The quantitative estimate of drug-likeness (QED) is 0.102. The summed E-state index contributed by atoms with van der Waals surface area (Å²) in [5.41, 5.74) is 5.60. The summed E-state index contributed by atoms with van der Waals surface area (Å²) in [5, 5.41) is 19.7. The Balaban J connectivity index is 1.33. The molecule has 1 fully saturated rings.